The molecule has 3 N–H and O–H groups in total. The molecule has 0 bridgehead atoms. The standard InChI is InChI=1S/C7H16O7S2.C7H14O4S.C7H12O.4CH4/c1-3-4-6(5(2)15(9,10)11)7(8)16(12,13)14;1-3-5-6(4-2)7(8)12(9,10)11;1-3-5-7(4-2)6-8;;;;/h5-8H,3-4H2,1-2H3,(H,9,10,11)(H,12,13,14);4,7-8H,3,5H2,1-2H3,(H,9,10,11);4,6H,3,5H2,1-2H3;4*1H4/p-2. The van der Waals surface area contributed by atoms with Crippen LogP contribution in [0, 0.1) is 5.92 Å². The quantitative estimate of drug-likeness (QED) is 0.108. The van der Waals surface area contributed by atoms with Crippen molar-refractivity contribution < 1.29 is 53.9 Å². The third-order valence-corrected chi connectivity index (χ3v) is 7.98. The van der Waals surface area contributed by atoms with E-state index in [1.807, 2.05) is 19.9 Å². The molecule has 0 rings (SSSR count). The number of carbonyl (C=O) groups excluding carboxylic acids is 1. The first-order valence-corrected chi connectivity index (χ1v) is 15.7. The Kier molecular flexibility index (Phi) is 36.6. The van der Waals surface area contributed by atoms with Crippen LogP contribution in [-0.2, 0) is 35.1 Å². The van der Waals surface area contributed by atoms with Crippen LogP contribution in [0.15, 0.2) is 23.3 Å². The summed E-state index contributed by atoms with van der Waals surface area (Å²) in [7, 11) is -14.1. The predicted molar refractivity (Wildman–Crippen MR) is 161 cm³/mol. The van der Waals surface area contributed by atoms with Crippen LogP contribution < -0.4 is 0 Å². The van der Waals surface area contributed by atoms with Gasteiger partial charge in [-0.25, -0.2) is 16.8 Å². The van der Waals surface area contributed by atoms with E-state index in [0.29, 0.717) is 18.4 Å². The van der Waals surface area contributed by atoms with Gasteiger partial charge in [0.1, 0.15) is 21.8 Å². The SMILES string of the molecule is C.C.C.C.CC=C(C=O)CCC.CC=C(CCC)C(O)S(=O)(=O)O.CCCC(C(C)S(=O)(=O)[O-])C(O)S(=O)(=O)[O-]. The minimum Gasteiger partial charge on any atom is -0.748 e. The molecule has 0 fully saturated rings. The van der Waals surface area contributed by atoms with Gasteiger partial charge in [0, 0.05) is 5.92 Å². The molecule has 0 aliphatic rings. The fourth-order valence-electron chi connectivity index (χ4n) is 2.82. The van der Waals surface area contributed by atoms with Gasteiger partial charge in [0.2, 0.25) is 5.44 Å². The van der Waals surface area contributed by atoms with Gasteiger partial charge in [-0.3, -0.25) is 9.35 Å². The molecule has 12 nitrogen and oxygen atoms in total. The normalized spacial score (nSPS) is 14.8. The number of carbonyl (C=O) groups is 1. The number of aldehydes is 1. The van der Waals surface area contributed by atoms with Crippen molar-refractivity contribution in [3.05, 3.63) is 23.3 Å². The average Bonchev–Trinajstić information content (AvgIpc) is 2.77. The van der Waals surface area contributed by atoms with E-state index < -0.39 is 52.4 Å². The molecule has 0 spiro atoms. The Bertz CT molecular complexity index is 962. The molecule has 0 heterocycles. The van der Waals surface area contributed by atoms with E-state index in [0.717, 1.165) is 38.0 Å². The number of aliphatic hydroxyl groups excluding tert-OH is 2. The highest BCUT2D eigenvalue weighted by molar-refractivity contribution is 7.87. The van der Waals surface area contributed by atoms with Crippen LogP contribution in [0.3, 0.4) is 0 Å². The molecule has 0 aliphatic heterocycles. The Labute approximate surface area is 245 Å². The zero-order chi connectivity index (χ0) is 29.3. The topological polar surface area (TPSA) is 226 Å². The molecule has 0 saturated carbocycles. The van der Waals surface area contributed by atoms with Crippen molar-refractivity contribution in [2.24, 2.45) is 5.92 Å². The van der Waals surface area contributed by atoms with E-state index in [4.69, 9.17) is 9.66 Å². The maximum Gasteiger partial charge on any atom is 0.296 e. The Morgan fingerprint density at radius 1 is 0.775 bits per heavy atom. The zero-order valence-corrected chi connectivity index (χ0v) is 24.0. The summed E-state index contributed by atoms with van der Waals surface area (Å²) in [6.07, 6.45) is 7.76. The lowest BCUT2D eigenvalue weighted by atomic mass is 10.0. The fourth-order valence-corrected chi connectivity index (χ4v) is 5.07. The fraction of sp³-hybridized carbons (Fsp3) is 0.800. The number of hydrogen-bond acceptors (Lipinski definition) is 11. The van der Waals surface area contributed by atoms with Gasteiger partial charge in [-0.15, -0.1) is 0 Å². The monoisotopic (exact) mass is 644 g/mol. The van der Waals surface area contributed by atoms with Gasteiger partial charge >= 0.3 is 0 Å². The maximum absolute atomic E-state index is 10.7. The summed E-state index contributed by atoms with van der Waals surface area (Å²) in [6, 6.07) is 0. The van der Waals surface area contributed by atoms with Gasteiger partial charge < -0.3 is 19.3 Å². The average molecular weight is 645 g/mol. The molecule has 0 aromatic rings. The lowest BCUT2D eigenvalue weighted by Gasteiger charge is -2.31. The van der Waals surface area contributed by atoms with E-state index in [1.165, 1.54) is 6.08 Å². The lowest BCUT2D eigenvalue weighted by molar-refractivity contribution is -0.105. The van der Waals surface area contributed by atoms with Crippen LogP contribution >= 0.6 is 0 Å². The van der Waals surface area contributed by atoms with Crippen LogP contribution in [0.5, 0.6) is 0 Å². The summed E-state index contributed by atoms with van der Waals surface area (Å²) in [5.74, 6) is -1.39. The predicted octanol–water partition coefficient (Wildman–Crippen LogP) is 4.62. The first-order valence-electron chi connectivity index (χ1n) is 11.3. The molecule has 0 aromatic heterocycles. The summed E-state index contributed by atoms with van der Waals surface area (Å²) >= 11 is 0. The number of allylic oxidation sites excluding steroid dienone is 3. The van der Waals surface area contributed by atoms with Crippen molar-refractivity contribution in [1.29, 1.82) is 0 Å². The second kappa shape index (κ2) is 26.7. The lowest BCUT2D eigenvalue weighted by Crippen LogP contribution is -2.39. The number of hydrogen-bond donors (Lipinski definition) is 3. The molecule has 4 atom stereocenters. The molecule has 0 saturated heterocycles. The minimum absolute atomic E-state index is 0. The number of rotatable bonds is 13. The van der Waals surface area contributed by atoms with Crippen molar-refractivity contribution in [3.63, 3.8) is 0 Å². The Morgan fingerprint density at radius 2 is 1.20 bits per heavy atom. The molecule has 0 aliphatic carbocycles. The van der Waals surface area contributed by atoms with Gasteiger partial charge in [-0.2, -0.15) is 8.42 Å². The van der Waals surface area contributed by atoms with E-state index in [-0.39, 0.29) is 36.1 Å². The first-order chi connectivity index (χ1) is 16.3. The molecule has 4 unspecified atom stereocenters. The molecule has 248 valence electrons. The van der Waals surface area contributed by atoms with Crippen molar-refractivity contribution in [2.45, 2.75) is 126 Å². The molecule has 0 amide bonds. The second-order valence-electron chi connectivity index (χ2n) is 7.75. The van der Waals surface area contributed by atoms with Crippen LogP contribution in [0.4, 0.5) is 0 Å². The van der Waals surface area contributed by atoms with Gasteiger partial charge in [0.15, 0.2) is 0 Å². The summed E-state index contributed by atoms with van der Waals surface area (Å²) < 4.78 is 93.3. The molecule has 0 aromatic carbocycles. The molecule has 15 heteroatoms. The maximum atomic E-state index is 10.7. The van der Waals surface area contributed by atoms with Crippen LogP contribution in [0.2, 0.25) is 0 Å². The van der Waals surface area contributed by atoms with Crippen LogP contribution in [0.1, 0.15) is 110 Å². The van der Waals surface area contributed by atoms with Gasteiger partial charge in [-0.1, -0.05) is 81.9 Å². The van der Waals surface area contributed by atoms with E-state index in [1.54, 1.807) is 13.8 Å². The Hall–Kier alpha value is -1.20. The smallest absolute Gasteiger partial charge is 0.296 e. The van der Waals surface area contributed by atoms with E-state index in [9.17, 15) is 44.3 Å². The van der Waals surface area contributed by atoms with Crippen molar-refractivity contribution in [3.8, 4) is 0 Å². The third kappa shape index (κ3) is 24.6. The third-order valence-electron chi connectivity index (χ3n) is 4.91. The van der Waals surface area contributed by atoms with Crippen molar-refractivity contribution in [1.82, 2.24) is 0 Å². The number of aliphatic hydroxyl groups is 2. The van der Waals surface area contributed by atoms with E-state index >= 15 is 0 Å². The molecular formula is C25H56O12S3-2. The Balaban J connectivity index is -0.0000000816. The highest BCUT2D eigenvalue weighted by Gasteiger charge is 2.32. The summed E-state index contributed by atoms with van der Waals surface area (Å²) in [4.78, 5) is 10.1. The first kappa shape index (κ1) is 54.8. The zero-order valence-electron chi connectivity index (χ0n) is 21.5. The van der Waals surface area contributed by atoms with Crippen LogP contribution in [0.25, 0.3) is 0 Å². The van der Waals surface area contributed by atoms with Crippen LogP contribution in [-0.4, -0.2) is 71.5 Å². The Morgan fingerprint density at radius 3 is 1.40 bits per heavy atom. The summed E-state index contributed by atoms with van der Waals surface area (Å²) in [5, 5.41) is 16.7. The minimum atomic E-state index is -5.03. The summed E-state index contributed by atoms with van der Waals surface area (Å²) in [6.45, 7) is 10.0. The largest absolute Gasteiger partial charge is 0.748 e. The van der Waals surface area contributed by atoms with Crippen molar-refractivity contribution in [2.75, 3.05) is 0 Å². The summed E-state index contributed by atoms with van der Waals surface area (Å²) in [5.41, 5.74) is -2.89. The molecule has 0 radical (unpaired) electrons. The molecular weight excluding hydrogens is 588 g/mol. The molecule has 40 heavy (non-hydrogen) atoms. The van der Waals surface area contributed by atoms with Crippen molar-refractivity contribution >= 4 is 36.6 Å². The second-order valence-corrected chi connectivity index (χ2v) is 12.4. The highest BCUT2D eigenvalue weighted by Crippen LogP contribution is 2.24. The van der Waals surface area contributed by atoms with Gasteiger partial charge in [0.25, 0.3) is 10.1 Å². The van der Waals surface area contributed by atoms with E-state index in [2.05, 4.69) is 6.92 Å². The highest BCUT2D eigenvalue weighted by atomic mass is 32.2. The van der Waals surface area contributed by atoms with Gasteiger partial charge in [-0.05, 0) is 51.2 Å². The van der Waals surface area contributed by atoms with Gasteiger partial charge in [0.05, 0.1) is 15.4 Å².